The Morgan fingerprint density at radius 2 is 1.70 bits per heavy atom. The van der Waals surface area contributed by atoms with E-state index in [9.17, 15) is 48.2 Å². The molecule has 0 saturated carbocycles. The van der Waals surface area contributed by atoms with E-state index in [0.29, 0.717) is 12.0 Å². The summed E-state index contributed by atoms with van der Waals surface area (Å²) in [4.78, 5) is 94.7. The number of hydrogen-bond donors (Lipinski definition) is 8. The zero-order chi connectivity index (χ0) is 55.8. The SMILES string of the molecule is CC[N+]1=c2cc3c(cc2CCC1)=C(c1ccccc1C(=O)N(C)CCCC(=O)NCCNC(=O)O[C@H]1[C@@H](O)[C@H](n2cnc4c(N)ncnc42)O[C@@H]1COP(=O)(O)OP(=O)(O)OP(O)(O)=S)c1ccc(N(C)C)cc1C3(C)C. The zero-order valence-corrected chi connectivity index (χ0v) is 46.5. The third kappa shape index (κ3) is 12.8. The molecule has 3 aromatic carbocycles. The van der Waals surface area contributed by atoms with Crippen LogP contribution in [0, 0.1) is 0 Å². The van der Waals surface area contributed by atoms with E-state index >= 15 is 0 Å². The number of alkyl carbamates (subject to hydrolysis) is 1. The van der Waals surface area contributed by atoms with Crippen LogP contribution in [-0.4, -0.2) is 146 Å². The molecule has 2 unspecified atom stereocenters. The van der Waals surface area contributed by atoms with Crippen molar-refractivity contribution in [1.29, 1.82) is 0 Å². The van der Waals surface area contributed by atoms with Gasteiger partial charge in [-0.2, -0.15) is 4.31 Å². The first kappa shape index (κ1) is 57.6. The number of nitrogens with zero attached hydrogens (tertiary/aromatic N) is 7. The highest BCUT2D eigenvalue weighted by Gasteiger charge is 2.50. The number of nitrogen functional groups attached to an aromatic ring is 1. The molecule has 8 rings (SSSR count). The lowest BCUT2D eigenvalue weighted by Gasteiger charge is -2.36. The van der Waals surface area contributed by atoms with Crippen LogP contribution in [0.5, 0.6) is 0 Å². The van der Waals surface area contributed by atoms with Crippen molar-refractivity contribution in [2.75, 3.05) is 71.1 Å². The number of nitrogens with two attached hydrogens (primary N) is 1. The van der Waals surface area contributed by atoms with Crippen molar-refractivity contribution in [3.8, 4) is 0 Å². The Bertz CT molecular complexity index is 3390. The molecule has 5 aromatic rings. The second-order valence-electron chi connectivity index (χ2n) is 19.4. The normalized spacial score (nSPS) is 20.3. The second kappa shape index (κ2) is 23.0. The molecule has 9 N–H and O–H groups in total. The lowest BCUT2D eigenvalue weighted by Crippen LogP contribution is -2.43. The van der Waals surface area contributed by atoms with Gasteiger partial charge in [-0.05, 0) is 88.9 Å². The number of rotatable bonds is 20. The second-order valence-corrected chi connectivity index (χ2v) is 25.2. The molecule has 2 aromatic heterocycles. The number of aliphatic hydroxyl groups excluding tert-OH is 1. The maximum atomic E-state index is 14.5. The fraction of sp³-hybridized carbons (Fsp3) is 0.438. The predicted molar refractivity (Wildman–Crippen MR) is 285 cm³/mol. The van der Waals surface area contributed by atoms with Gasteiger partial charge in [-0.15, -0.1) is 0 Å². The molecule has 0 spiro atoms. The zero-order valence-electron chi connectivity index (χ0n) is 43.0. The Morgan fingerprint density at radius 1 is 0.961 bits per heavy atom. The molecule has 1 aliphatic carbocycles. The number of imidazole rings is 1. The van der Waals surface area contributed by atoms with Crippen LogP contribution >= 0.6 is 22.4 Å². The van der Waals surface area contributed by atoms with Gasteiger partial charge in [-0.1, -0.05) is 38.1 Å². The molecular formula is C48H62N10O15P3S+. The summed E-state index contributed by atoms with van der Waals surface area (Å²) in [5.41, 5.74) is 13.9. The minimum atomic E-state index is -5.68. The standard InChI is InChI=1S/C48H61N10O15P3S/c1-7-57-21-10-12-28-22-33-35(24-36(28)57)48(2,3)34-23-29(55(4)5)16-17-32(34)39(33)30-13-8-9-14-31(30)45(61)56(6)20-11-15-38(59)50-18-19-51-47(62)71-42-37(25-69-74(63,64)72-75(65,66)73-76(67,68)77)70-46(41(42)60)58-27-54-40-43(49)52-26-53-44(40)58/h8-9,13-14,16-17,22-24,26-27,37,41-42,46,60H,7,10-12,15,18-21,25H2,1-6H3,(H7-,49,50,51,52,53,59,62,63,64,65,66,67,68,77)/p+1/t37-,41-,42-,46-/m1/s1. The van der Waals surface area contributed by atoms with Gasteiger partial charge in [0.25, 0.3) is 5.91 Å². The highest BCUT2D eigenvalue weighted by atomic mass is 32.5. The van der Waals surface area contributed by atoms with Gasteiger partial charge in [0, 0.05) is 81.9 Å². The first-order chi connectivity index (χ1) is 36.3. The molecule has 2 aliphatic heterocycles. The number of aryl methyl sites for hydroxylation is 1. The van der Waals surface area contributed by atoms with E-state index in [1.165, 1.54) is 32.9 Å². The molecule has 0 bridgehead atoms. The average Bonchev–Trinajstić information content (AvgIpc) is 3.98. The molecule has 414 valence electrons. The fourth-order valence-electron chi connectivity index (χ4n) is 9.93. The number of carbonyl (C=O) groups excluding carboxylic acids is 3. The number of carbonyl (C=O) groups is 3. The summed E-state index contributed by atoms with van der Waals surface area (Å²) in [6, 6.07) is 18.9. The van der Waals surface area contributed by atoms with E-state index in [-0.39, 0.29) is 60.3 Å². The van der Waals surface area contributed by atoms with Gasteiger partial charge in [0.15, 0.2) is 23.8 Å². The number of aromatic nitrogens is 4. The Kier molecular flexibility index (Phi) is 17.2. The van der Waals surface area contributed by atoms with Gasteiger partial charge in [-0.3, -0.25) is 18.7 Å². The van der Waals surface area contributed by atoms with Crippen molar-refractivity contribution in [2.45, 2.75) is 76.4 Å². The molecule has 4 heterocycles. The molecule has 77 heavy (non-hydrogen) atoms. The average molecular weight is 1140 g/mol. The van der Waals surface area contributed by atoms with Gasteiger partial charge in [-0.25, -0.2) is 37.8 Å². The molecule has 1 fully saturated rings. The summed E-state index contributed by atoms with van der Waals surface area (Å²) in [5, 5.41) is 18.9. The minimum Gasteiger partial charge on any atom is -0.440 e. The van der Waals surface area contributed by atoms with E-state index in [1.807, 2.05) is 38.4 Å². The molecule has 0 radical (unpaired) electrons. The van der Waals surface area contributed by atoms with Crippen molar-refractivity contribution < 1.29 is 70.8 Å². The number of aliphatic hydroxyl groups is 1. The number of phosphoric acid groups is 2. The van der Waals surface area contributed by atoms with Crippen LogP contribution in [0.15, 0.2) is 67.3 Å². The van der Waals surface area contributed by atoms with Crippen LogP contribution in [0.25, 0.3) is 16.7 Å². The smallest absolute Gasteiger partial charge is 0.440 e. The van der Waals surface area contributed by atoms with Crippen molar-refractivity contribution in [1.82, 2.24) is 39.6 Å². The van der Waals surface area contributed by atoms with Crippen molar-refractivity contribution >= 4 is 80.3 Å². The number of amides is 3. The highest BCUT2D eigenvalue weighted by Crippen LogP contribution is 2.66. The first-order valence-electron chi connectivity index (χ1n) is 24.5. The Morgan fingerprint density at radius 3 is 2.43 bits per heavy atom. The summed E-state index contributed by atoms with van der Waals surface area (Å²) in [7, 11) is -5.51. The van der Waals surface area contributed by atoms with Gasteiger partial charge >= 0.3 is 28.5 Å². The van der Waals surface area contributed by atoms with Crippen LogP contribution in [-0.2, 0) is 60.2 Å². The number of benzene rings is 3. The summed E-state index contributed by atoms with van der Waals surface area (Å²) < 4.78 is 52.5. The lowest BCUT2D eigenvalue weighted by atomic mass is 9.68. The highest BCUT2D eigenvalue weighted by molar-refractivity contribution is 8.08. The minimum absolute atomic E-state index is 0.0117. The summed E-state index contributed by atoms with van der Waals surface area (Å²) >= 11 is 4.11. The molecule has 6 atom stereocenters. The van der Waals surface area contributed by atoms with Gasteiger partial charge in [0.1, 0.15) is 37.1 Å². The number of fused-ring (bicyclic) bond motifs is 4. The molecular weight excluding hydrogens is 1080 g/mol. The van der Waals surface area contributed by atoms with Crippen LogP contribution in [0.1, 0.15) is 84.4 Å². The summed E-state index contributed by atoms with van der Waals surface area (Å²) in [5.74, 6) is -0.572. The molecule has 1 saturated heterocycles. The van der Waals surface area contributed by atoms with E-state index in [0.717, 1.165) is 59.9 Å². The van der Waals surface area contributed by atoms with Crippen LogP contribution in [0.2, 0.25) is 0 Å². The van der Waals surface area contributed by atoms with E-state index in [1.54, 1.807) is 11.9 Å². The van der Waals surface area contributed by atoms with Crippen molar-refractivity contribution in [2.24, 2.45) is 0 Å². The fourth-order valence-corrected chi connectivity index (χ4v) is 13.7. The number of ether oxygens (including phenoxy) is 2. The topological polar surface area (TPSA) is 336 Å². The maximum absolute atomic E-state index is 14.5. The Balaban J connectivity index is 0.894. The molecule has 3 aliphatic rings. The van der Waals surface area contributed by atoms with Crippen LogP contribution < -0.4 is 36.4 Å². The third-order valence-corrected chi connectivity index (χ3v) is 18.0. The number of hydrogen-bond acceptors (Lipinski definition) is 17. The summed E-state index contributed by atoms with van der Waals surface area (Å²) in [6.45, 7) is 2.78. The van der Waals surface area contributed by atoms with Gasteiger partial charge < -0.3 is 60.3 Å². The monoisotopic (exact) mass is 1140 g/mol. The molecule has 29 heteroatoms. The van der Waals surface area contributed by atoms with E-state index in [4.69, 9.17) is 19.7 Å². The van der Waals surface area contributed by atoms with E-state index in [2.05, 4.69) is 107 Å². The molecule has 25 nitrogen and oxygen atoms in total. The van der Waals surface area contributed by atoms with Crippen LogP contribution in [0.3, 0.4) is 0 Å². The van der Waals surface area contributed by atoms with Crippen LogP contribution in [0.4, 0.5) is 16.3 Å². The number of anilines is 2. The van der Waals surface area contributed by atoms with Crippen molar-refractivity contribution in [3.05, 3.63) is 111 Å². The lowest BCUT2D eigenvalue weighted by molar-refractivity contribution is -0.121. The quantitative estimate of drug-likeness (QED) is 0.0315. The maximum Gasteiger partial charge on any atom is 0.488 e. The Labute approximate surface area is 447 Å². The predicted octanol–water partition coefficient (Wildman–Crippen LogP) is 2.30. The van der Waals surface area contributed by atoms with Gasteiger partial charge in [0.05, 0.1) is 12.9 Å². The van der Waals surface area contributed by atoms with Gasteiger partial charge in [0.2, 0.25) is 11.3 Å². The third-order valence-electron chi connectivity index (χ3n) is 13.6. The number of nitrogens with one attached hydrogen (secondary N) is 2. The molecule has 3 amide bonds. The first-order valence-corrected chi connectivity index (χ1v) is 30.1. The number of phosphoric ester groups is 1. The van der Waals surface area contributed by atoms with E-state index < -0.39 is 59.6 Å². The van der Waals surface area contributed by atoms with Crippen molar-refractivity contribution in [3.63, 3.8) is 0 Å². The summed E-state index contributed by atoms with van der Waals surface area (Å²) in [6.07, 6.45) is -2.90. The Hall–Kier alpha value is -5.56. The largest absolute Gasteiger partial charge is 0.488 e.